The molecule has 136 valence electrons. The van der Waals surface area contributed by atoms with Gasteiger partial charge in [0.05, 0.1) is 22.9 Å². The van der Waals surface area contributed by atoms with Gasteiger partial charge in [-0.05, 0) is 53.2 Å². The lowest BCUT2D eigenvalue weighted by molar-refractivity contribution is 0.0928. The van der Waals surface area contributed by atoms with Crippen LogP contribution in [0.3, 0.4) is 0 Å². The lowest BCUT2D eigenvalue weighted by atomic mass is 10.3. The fraction of sp³-hybridized carbons (Fsp3) is 0.235. The van der Waals surface area contributed by atoms with Crippen LogP contribution in [-0.4, -0.2) is 25.5 Å². The van der Waals surface area contributed by atoms with Crippen molar-refractivity contribution in [2.24, 2.45) is 0 Å². The molecule has 1 aromatic carbocycles. The van der Waals surface area contributed by atoms with E-state index >= 15 is 0 Å². The number of carbonyl (C=O) groups excluding carboxylic acids is 1. The highest BCUT2D eigenvalue weighted by atomic mass is 79.9. The Morgan fingerprint density at radius 2 is 2.00 bits per heavy atom. The van der Waals surface area contributed by atoms with E-state index in [4.69, 9.17) is 16.3 Å². The molecule has 26 heavy (non-hydrogen) atoms. The first-order chi connectivity index (χ1) is 12.6. The van der Waals surface area contributed by atoms with Crippen LogP contribution in [0, 0.1) is 0 Å². The van der Waals surface area contributed by atoms with Gasteiger partial charge in [-0.15, -0.1) is 0 Å². The minimum atomic E-state index is -0.238. The number of benzene rings is 1. The average Bonchev–Trinajstić information content (AvgIpc) is 3.25. The Bertz CT molecular complexity index is 891. The van der Waals surface area contributed by atoms with Gasteiger partial charge in [-0.2, -0.15) is 10.2 Å². The fourth-order valence-corrected chi connectivity index (χ4v) is 2.95. The van der Waals surface area contributed by atoms with Gasteiger partial charge in [0.2, 0.25) is 0 Å². The maximum absolute atomic E-state index is 12.5. The summed E-state index contributed by atoms with van der Waals surface area (Å²) in [6.07, 6.45) is 3.28. The van der Waals surface area contributed by atoms with Gasteiger partial charge < -0.3 is 10.1 Å². The van der Waals surface area contributed by atoms with E-state index in [1.165, 1.54) is 4.68 Å². The third-order valence-corrected chi connectivity index (χ3v) is 4.64. The minimum absolute atomic E-state index is 0.119. The van der Waals surface area contributed by atoms with Crippen molar-refractivity contribution in [3.8, 4) is 5.75 Å². The predicted molar refractivity (Wildman–Crippen MR) is 101 cm³/mol. The summed E-state index contributed by atoms with van der Waals surface area (Å²) in [5.41, 5.74) is 1.32. The third-order valence-electron chi connectivity index (χ3n) is 3.73. The Hall–Kier alpha value is -2.32. The van der Waals surface area contributed by atoms with E-state index in [1.54, 1.807) is 42.7 Å². The summed E-state index contributed by atoms with van der Waals surface area (Å²) in [4.78, 5) is 12.5. The molecular formula is C17H17BrClN5O2. The van der Waals surface area contributed by atoms with E-state index in [0.29, 0.717) is 23.0 Å². The Kier molecular flexibility index (Phi) is 5.95. The number of hydrogen-bond acceptors (Lipinski definition) is 4. The zero-order valence-corrected chi connectivity index (χ0v) is 16.4. The summed E-state index contributed by atoms with van der Waals surface area (Å²) in [5.74, 6) is 0.407. The van der Waals surface area contributed by atoms with Crippen molar-refractivity contribution in [2.45, 2.75) is 26.7 Å². The van der Waals surface area contributed by atoms with Crippen LogP contribution in [0.4, 0.5) is 0 Å². The number of aromatic nitrogens is 4. The lowest BCUT2D eigenvalue weighted by Crippen LogP contribution is -2.27. The van der Waals surface area contributed by atoms with Gasteiger partial charge in [0.1, 0.15) is 11.4 Å². The topological polar surface area (TPSA) is 74.0 Å². The number of ether oxygens (including phenoxy) is 1. The quantitative estimate of drug-likeness (QED) is 0.613. The highest BCUT2D eigenvalue weighted by molar-refractivity contribution is 9.10. The number of nitrogens with one attached hydrogen (secondary N) is 1. The SMILES string of the molecule is CCn1ncc(Br)c1CNC(=O)c1ccnn1COc1ccc(Cl)cc1. The first-order valence-electron chi connectivity index (χ1n) is 7.97. The Labute approximate surface area is 164 Å². The van der Waals surface area contributed by atoms with Crippen molar-refractivity contribution in [3.05, 3.63) is 63.6 Å². The number of amides is 1. The standard InChI is InChI=1S/C17H17BrClN5O2/c1-2-23-16(14(18)9-22-23)10-20-17(25)15-7-8-21-24(15)11-26-13-5-3-12(19)4-6-13/h3-9H,2,10-11H2,1H3,(H,20,25). The molecule has 0 aliphatic carbocycles. The number of aryl methyl sites for hydroxylation is 1. The van der Waals surface area contributed by atoms with Crippen molar-refractivity contribution in [1.82, 2.24) is 24.9 Å². The van der Waals surface area contributed by atoms with E-state index in [9.17, 15) is 4.79 Å². The van der Waals surface area contributed by atoms with Gasteiger partial charge in [0.15, 0.2) is 6.73 Å². The van der Waals surface area contributed by atoms with E-state index < -0.39 is 0 Å². The summed E-state index contributed by atoms with van der Waals surface area (Å²) in [6, 6.07) is 8.64. The third kappa shape index (κ3) is 4.25. The van der Waals surface area contributed by atoms with E-state index in [-0.39, 0.29) is 12.6 Å². The second-order valence-corrected chi connectivity index (χ2v) is 6.67. The molecule has 0 aliphatic heterocycles. The Morgan fingerprint density at radius 1 is 1.23 bits per heavy atom. The van der Waals surface area contributed by atoms with Crippen LogP contribution in [0.15, 0.2) is 47.2 Å². The van der Waals surface area contributed by atoms with Gasteiger partial charge in [-0.3, -0.25) is 9.48 Å². The summed E-state index contributed by atoms with van der Waals surface area (Å²) in [5, 5.41) is 11.9. The molecule has 0 aliphatic rings. The predicted octanol–water partition coefficient (Wildman–Crippen LogP) is 3.48. The largest absolute Gasteiger partial charge is 0.471 e. The van der Waals surface area contributed by atoms with E-state index in [0.717, 1.165) is 16.7 Å². The molecular weight excluding hydrogens is 422 g/mol. The van der Waals surface area contributed by atoms with Crippen molar-refractivity contribution < 1.29 is 9.53 Å². The van der Waals surface area contributed by atoms with Crippen molar-refractivity contribution in [2.75, 3.05) is 0 Å². The number of nitrogens with zero attached hydrogens (tertiary/aromatic N) is 4. The molecule has 0 atom stereocenters. The molecule has 7 nitrogen and oxygen atoms in total. The van der Waals surface area contributed by atoms with E-state index in [1.807, 2.05) is 11.6 Å². The van der Waals surface area contributed by atoms with Crippen LogP contribution >= 0.6 is 27.5 Å². The van der Waals surface area contributed by atoms with Crippen molar-refractivity contribution in [3.63, 3.8) is 0 Å². The average molecular weight is 439 g/mol. The molecule has 0 saturated carbocycles. The van der Waals surface area contributed by atoms with Crippen LogP contribution in [0.2, 0.25) is 5.02 Å². The molecule has 3 rings (SSSR count). The highest BCUT2D eigenvalue weighted by Gasteiger charge is 2.14. The summed E-state index contributed by atoms with van der Waals surface area (Å²) in [7, 11) is 0. The summed E-state index contributed by atoms with van der Waals surface area (Å²) >= 11 is 9.30. The van der Waals surface area contributed by atoms with Gasteiger partial charge >= 0.3 is 0 Å². The molecule has 1 N–H and O–H groups in total. The normalized spacial score (nSPS) is 10.7. The molecule has 0 spiro atoms. The number of carbonyl (C=O) groups is 1. The second kappa shape index (κ2) is 8.37. The molecule has 0 radical (unpaired) electrons. The number of hydrogen-bond donors (Lipinski definition) is 1. The smallest absolute Gasteiger partial charge is 0.270 e. The molecule has 0 fully saturated rings. The monoisotopic (exact) mass is 437 g/mol. The number of halogens is 2. The van der Waals surface area contributed by atoms with E-state index in [2.05, 4.69) is 31.4 Å². The highest BCUT2D eigenvalue weighted by Crippen LogP contribution is 2.17. The first-order valence-corrected chi connectivity index (χ1v) is 9.14. The maximum Gasteiger partial charge on any atom is 0.270 e. The molecule has 0 saturated heterocycles. The van der Waals surface area contributed by atoms with Gasteiger partial charge in [0.25, 0.3) is 5.91 Å². The minimum Gasteiger partial charge on any atom is -0.471 e. The van der Waals surface area contributed by atoms with Crippen LogP contribution in [0.25, 0.3) is 0 Å². The van der Waals surface area contributed by atoms with Crippen molar-refractivity contribution >= 4 is 33.4 Å². The van der Waals surface area contributed by atoms with Crippen molar-refractivity contribution in [1.29, 1.82) is 0 Å². The summed E-state index contributed by atoms with van der Waals surface area (Å²) < 4.78 is 9.82. The van der Waals surface area contributed by atoms with Crippen LogP contribution in [0.5, 0.6) is 5.75 Å². The molecule has 1 amide bonds. The maximum atomic E-state index is 12.5. The van der Waals surface area contributed by atoms with Crippen LogP contribution < -0.4 is 10.1 Å². The van der Waals surface area contributed by atoms with Gasteiger partial charge in [-0.1, -0.05) is 11.6 Å². The lowest BCUT2D eigenvalue weighted by Gasteiger charge is -2.11. The Balaban J connectivity index is 1.62. The van der Waals surface area contributed by atoms with Crippen LogP contribution in [-0.2, 0) is 19.8 Å². The first kappa shape index (κ1) is 18.5. The summed E-state index contributed by atoms with van der Waals surface area (Å²) in [6.45, 7) is 3.20. The van der Waals surface area contributed by atoms with Gasteiger partial charge in [-0.25, -0.2) is 4.68 Å². The van der Waals surface area contributed by atoms with Gasteiger partial charge in [0, 0.05) is 17.8 Å². The fourth-order valence-electron chi connectivity index (χ4n) is 2.39. The Morgan fingerprint density at radius 3 is 2.73 bits per heavy atom. The zero-order chi connectivity index (χ0) is 18.5. The molecule has 9 heteroatoms. The number of rotatable bonds is 7. The van der Waals surface area contributed by atoms with Crippen LogP contribution in [0.1, 0.15) is 23.1 Å². The molecule has 2 aromatic heterocycles. The molecule has 2 heterocycles. The molecule has 3 aromatic rings. The molecule has 0 bridgehead atoms. The zero-order valence-electron chi connectivity index (χ0n) is 14.0. The second-order valence-electron chi connectivity index (χ2n) is 5.38. The molecule has 0 unspecified atom stereocenters.